The molecular formula is C8H21N4O5PS. The van der Waals surface area contributed by atoms with E-state index in [4.69, 9.17) is 16.1 Å². The molecule has 11 heteroatoms. The molecule has 0 radical (unpaired) electrons. The number of esters is 1. The average Bonchev–Trinajstić information content (AvgIpc) is 2.23. The van der Waals surface area contributed by atoms with E-state index >= 15 is 0 Å². The van der Waals surface area contributed by atoms with Gasteiger partial charge in [-0.05, 0) is 12.8 Å². The molecule has 0 spiro atoms. The summed E-state index contributed by atoms with van der Waals surface area (Å²) >= 11 is 0. The van der Waals surface area contributed by atoms with Gasteiger partial charge >= 0.3 is 5.97 Å². The van der Waals surface area contributed by atoms with Crippen LogP contribution in [-0.4, -0.2) is 32.1 Å². The number of hydrogen-bond donors (Lipinski definition) is 3. The monoisotopic (exact) mass is 316 g/mol. The molecule has 0 unspecified atom stereocenters. The van der Waals surface area contributed by atoms with Gasteiger partial charge < -0.3 is 4.74 Å². The largest absolute Gasteiger partial charge is 0.469 e. The molecule has 0 aliphatic carbocycles. The molecule has 0 saturated heterocycles. The van der Waals surface area contributed by atoms with E-state index in [1.165, 1.54) is 7.11 Å². The van der Waals surface area contributed by atoms with Crippen molar-refractivity contribution in [3.05, 3.63) is 0 Å². The predicted octanol–water partition coefficient (Wildman–Crippen LogP) is -0.359. The molecule has 6 N–H and O–H groups in total. The van der Waals surface area contributed by atoms with E-state index in [9.17, 15) is 17.8 Å². The summed E-state index contributed by atoms with van der Waals surface area (Å²) in [7, 11) is -6.80. The molecule has 19 heavy (non-hydrogen) atoms. The Bertz CT molecular complexity index is 434. The molecule has 0 aromatic heterocycles. The molecule has 0 saturated carbocycles. The zero-order valence-electron chi connectivity index (χ0n) is 10.8. The van der Waals surface area contributed by atoms with Gasteiger partial charge in [-0.25, -0.2) is 5.14 Å². The molecule has 0 bridgehead atoms. The second-order valence-electron chi connectivity index (χ2n) is 4.00. The van der Waals surface area contributed by atoms with Crippen molar-refractivity contribution in [3.8, 4) is 0 Å². The van der Waals surface area contributed by atoms with Crippen LogP contribution in [0.1, 0.15) is 32.1 Å². The van der Waals surface area contributed by atoms with Crippen LogP contribution >= 0.6 is 7.59 Å². The standard InChI is InChI=1S/C8H21N4O5PS/c1-17-8(13)6-4-2-3-5-7-12(18(9,10)14)19(11,15)16/h2-7H2,1H3,(H4,9,10,14)(H2,11,15,16). The highest BCUT2D eigenvalue weighted by atomic mass is 32.2. The van der Waals surface area contributed by atoms with Gasteiger partial charge in [0.2, 0.25) is 0 Å². The molecule has 0 aliphatic rings. The van der Waals surface area contributed by atoms with E-state index in [2.05, 4.69) is 4.74 Å². The lowest BCUT2D eigenvalue weighted by molar-refractivity contribution is -0.140. The van der Waals surface area contributed by atoms with Crippen LogP contribution in [0.5, 0.6) is 0 Å². The van der Waals surface area contributed by atoms with Crippen molar-refractivity contribution in [1.82, 2.24) is 4.08 Å². The molecule has 9 nitrogen and oxygen atoms in total. The van der Waals surface area contributed by atoms with Crippen LogP contribution in [0.3, 0.4) is 0 Å². The third-order valence-corrected chi connectivity index (χ3v) is 5.47. The van der Waals surface area contributed by atoms with Crippen molar-refractivity contribution in [3.63, 3.8) is 0 Å². The summed E-state index contributed by atoms with van der Waals surface area (Å²) in [6.45, 7) is -0.110. The SMILES string of the molecule is COC(=O)CCCCCCN(P(N)(N)=O)S(N)(=O)=O. The minimum atomic E-state index is -4.19. The van der Waals surface area contributed by atoms with Gasteiger partial charge in [0, 0.05) is 13.0 Å². The van der Waals surface area contributed by atoms with E-state index < -0.39 is 17.8 Å². The fraction of sp³-hybridized carbons (Fsp3) is 0.875. The summed E-state index contributed by atoms with van der Waals surface area (Å²) < 4.78 is 38.5. The number of carbonyl (C=O) groups excluding carboxylic acids is 1. The van der Waals surface area contributed by atoms with Gasteiger partial charge in [-0.1, -0.05) is 12.8 Å². The number of carbonyl (C=O) groups is 1. The van der Waals surface area contributed by atoms with Crippen LogP contribution < -0.4 is 16.1 Å². The Kier molecular flexibility index (Phi) is 7.72. The zero-order chi connectivity index (χ0) is 15.1. The Hall–Kier alpha value is -0.510. The molecule has 0 aromatic rings. The van der Waals surface area contributed by atoms with E-state index in [0.29, 0.717) is 36.2 Å². The van der Waals surface area contributed by atoms with E-state index in [1.54, 1.807) is 0 Å². The van der Waals surface area contributed by atoms with Gasteiger partial charge in [-0.15, -0.1) is 4.08 Å². The maximum Gasteiger partial charge on any atom is 0.305 e. The Balaban J connectivity index is 4.04. The maximum atomic E-state index is 11.4. The third kappa shape index (κ3) is 8.30. The van der Waals surface area contributed by atoms with Crippen LogP contribution in [-0.2, 0) is 24.3 Å². The number of ether oxygens (including phenoxy) is 1. The first-order chi connectivity index (χ1) is 8.59. The number of rotatable bonds is 9. The molecule has 114 valence electrons. The molecule has 0 rings (SSSR count). The number of nitrogens with zero attached hydrogens (tertiary/aromatic N) is 1. The number of methoxy groups -OCH3 is 1. The van der Waals surface area contributed by atoms with Crippen LogP contribution in [0.15, 0.2) is 0 Å². The van der Waals surface area contributed by atoms with Crippen LogP contribution in [0.2, 0.25) is 0 Å². The van der Waals surface area contributed by atoms with Gasteiger partial charge in [0.25, 0.3) is 17.8 Å². The minimum absolute atomic E-state index is 0.110. The van der Waals surface area contributed by atoms with Crippen LogP contribution in [0, 0.1) is 0 Å². The van der Waals surface area contributed by atoms with Crippen molar-refractivity contribution < 1.29 is 22.5 Å². The Morgan fingerprint density at radius 1 is 1.21 bits per heavy atom. The average molecular weight is 316 g/mol. The highest BCUT2D eigenvalue weighted by Gasteiger charge is 2.30. The van der Waals surface area contributed by atoms with E-state index in [0.717, 1.165) is 0 Å². The lowest BCUT2D eigenvalue weighted by Crippen LogP contribution is -2.39. The normalized spacial score (nSPS) is 12.7. The van der Waals surface area contributed by atoms with Crippen molar-refractivity contribution in [2.45, 2.75) is 32.1 Å². The molecule has 0 atom stereocenters. The smallest absolute Gasteiger partial charge is 0.305 e. The van der Waals surface area contributed by atoms with Crippen LogP contribution in [0.4, 0.5) is 0 Å². The zero-order valence-corrected chi connectivity index (χ0v) is 12.5. The minimum Gasteiger partial charge on any atom is -0.469 e. The number of hydrogen-bond acceptors (Lipinski definition) is 5. The first-order valence-electron chi connectivity index (χ1n) is 5.64. The molecular weight excluding hydrogens is 295 g/mol. The van der Waals surface area contributed by atoms with Gasteiger partial charge in [0.1, 0.15) is 0 Å². The highest BCUT2D eigenvalue weighted by molar-refractivity contribution is 7.92. The van der Waals surface area contributed by atoms with E-state index in [-0.39, 0.29) is 12.5 Å². The Morgan fingerprint density at radius 3 is 2.16 bits per heavy atom. The summed E-state index contributed by atoms with van der Waals surface area (Å²) in [6, 6.07) is 0. The van der Waals surface area contributed by atoms with Gasteiger partial charge in [-0.3, -0.25) is 20.4 Å². The van der Waals surface area contributed by atoms with Gasteiger partial charge in [-0.2, -0.15) is 8.42 Å². The summed E-state index contributed by atoms with van der Waals surface area (Å²) in [5.74, 6) is -0.292. The Labute approximate surface area is 113 Å². The molecule has 0 aromatic carbocycles. The predicted molar refractivity (Wildman–Crippen MR) is 70.9 cm³/mol. The van der Waals surface area contributed by atoms with Gasteiger partial charge in [0.05, 0.1) is 7.11 Å². The van der Waals surface area contributed by atoms with Crippen molar-refractivity contribution >= 4 is 23.8 Å². The second kappa shape index (κ2) is 7.93. The lowest BCUT2D eigenvalue weighted by atomic mass is 10.1. The fourth-order valence-electron chi connectivity index (χ4n) is 1.43. The van der Waals surface area contributed by atoms with Crippen molar-refractivity contribution in [2.75, 3.05) is 13.7 Å². The first-order valence-corrected chi connectivity index (χ1v) is 8.94. The fourth-order valence-corrected chi connectivity index (χ4v) is 3.69. The lowest BCUT2D eigenvalue weighted by Gasteiger charge is -2.22. The first kappa shape index (κ1) is 18.5. The third-order valence-electron chi connectivity index (χ3n) is 2.35. The van der Waals surface area contributed by atoms with Crippen molar-refractivity contribution in [1.29, 1.82) is 0 Å². The number of unbranched alkanes of at least 4 members (excludes halogenated alkanes) is 3. The highest BCUT2D eigenvalue weighted by Crippen LogP contribution is 2.33. The summed E-state index contributed by atoms with van der Waals surface area (Å²) in [5, 5.41) is 4.87. The topological polar surface area (TPSA) is 159 Å². The van der Waals surface area contributed by atoms with Crippen LogP contribution in [0.25, 0.3) is 0 Å². The second-order valence-corrected chi connectivity index (χ2v) is 7.57. The molecule has 0 aliphatic heterocycles. The summed E-state index contributed by atoms with van der Waals surface area (Å²) in [5.41, 5.74) is 10.2. The van der Waals surface area contributed by atoms with E-state index in [1.807, 2.05) is 0 Å². The maximum absolute atomic E-state index is 11.4. The summed E-state index contributed by atoms with van der Waals surface area (Å²) in [6.07, 6.45) is 2.67. The Morgan fingerprint density at radius 2 is 1.74 bits per heavy atom. The molecule has 0 heterocycles. The number of nitrogens with two attached hydrogens (primary N) is 3. The molecule has 0 fully saturated rings. The quantitative estimate of drug-likeness (QED) is 0.297. The van der Waals surface area contributed by atoms with Crippen molar-refractivity contribution in [2.24, 2.45) is 16.1 Å². The summed E-state index contributed by atoms with van der Waals surface area (Å²) in [4.78, 5) is 10.8. The molecule has 0 amide bonds. The van der Waals surface area contributed by atoms with Gasteiger partial charge in [0.15, 0.2) is 0 Å².